The summed E-state index contributed by atoms with van der Waals surface area (Å²) in [5.74, 6) is 0. The fourth-order valence-electron chi connectivity index (χ4n) is 0.137. The van der Waals surface area contributed by atoms with E-state index in [1.165, 1.54) is 0 Å². The lowest BCUT2D eigenvalue weighted by atomic mass is 10.9. The largest absolute Gasteiger partial charge is 0.340 e. The topological polar surface area (TPSA) is 52.5 Å². The minimum Gasteiger partial charge on any atom is -0.340 e. The molecular weight excluding hydrogens is 114 g/mol. The highest BCUT2D eigenvalue weighted by Gasteiger charge is 2.10. The molecule has 0 spiro atoms. The zero-order chi connectivity index (χ0) is 5.91. The monoisotopic (exact) mass is 121 g/mol. The van der Waals surface area contributed by atoms with Crippen LogP contribution in [-0.4, -0.2) is 15.5 Å². The summed E-state index contributed by atoms with van der Waals surface area (Å²) in [5.41, 5.74) is 0. The van der Waals surface area contributed by atoms with Gasteiger partial charge in [0, 0.05) is 0 Å². The third kappa shape index (κ3) is 5.81. The Labute approximate surface area is 47.1 Å². The number of rotatable bonds is 2. The van der Waals surface area contributed by atoms with Crippen molar-refractivity contribution >= 4 is 12.6 Å². The minimum absolute atomic E-state index is 1.13. The van der Waals surface area contributed by atoms with Crippen LogP contribution in [0.5, 0.6) is 0 Å². The second kappa shape index (κ2) is 2.20. The molecule has 0 aliphatic rings. The summed E-state index contributed by atoms with van der Waals surface area (Å²) in [5, 5.41) is 16.4. The fourth-order valence-corrected chi connectivity index (χ4v) is 0.228. The van der Waals surface area contributed by atoms with Crippen LogP contribution in [0.1, 0.15) is 0 Å². The molecule has 7 heavy (non-hydrogen) atoms. The summed E-state index contributed by atoms with van der Waals surface area (Å²) < 4.78 is 0. The molecule has 0 aliphatic heterocycles. The predicted octanol–water partition coefficient (Wildman–Crippen LogP) is -0.755. The summed E-state index contributed by atoms with van der Waals surface area (Å²) in [6, 6.07) is 0. The Hall–Kier alpha value is -0.190. The van der Waals surface area contributed by atoms with E-state index in [0.29, 0.717) is 0 Å². The number of hydrogen-bond acceptors (Lipinski definition) is 4. The van der Waals surface area contributed by atoms with Crippen LogP contribution < -0.4 is 5.32 Å². The highest BCUT2D eigenvalue weighted by atomic mass is 32.1. The van der Waals surface area contributed by atoms with E-state index >= 15 is 0 Å². The van der Waals surface area contributed by atoms with Gasteiger partial charge in [0.15, 0.2) is 0 Å². The molecule has 0 fully saturated rings. The van der Waals surface area contributed by atoms with Gasteiger partial charge in [-0.05, 0) is 6.20 Å². The summed E-state index contributed by atoms with van der Waals surface area (Å²) in [6.07, 6.45) is 1.13. The summed E-state index contributed by atoms with van der Waals surface area (Å²) >= 11 is 3.26. The molecule has 0 aromatic rings. The Morgan fingerprint density at radius 1 is 1.71 bits per heavy atom. The van der Waals surface area contributed by atoms with E-state index in [1.807, 2.05) is 5.32 Å². The van der Waals surface area contributed by atoms with Gasteiger partial charge in [0.1, 0.15) is 0 Å². The van der Waals surface area contributed by atoms with Crippen LogP contribution in [0, 0.1) is 0 Å². The van der Waals surface area contributed by atoms with Crippen LogP contribution in [0.2, 0.25) is 0 Å². The van der Waals surface area contributed by atoms with Gasteiger partial charge in [0.25, 0.3) is 5.24 Å². The van der Waals surface area contributed by atoms with E-state index in [-0.39, 0.29) is 0 Å². The van der Waals surface area contributed by atoms with Crippen molar-refractivity contribution < 1.29 is 10.2 Å². The number of thiol groups is 1. The van der Waals surface area contributed by atoms with Gasteiger partial charge in [-0.15, -0.1) is 0 Å². The van der Waals surface area contributed by atoms with Crippen molar-refractivity contribution in [2.24, 2.45) is 0 Å². The Morgan fingerprint density at radius 2 is 2.14 bits per heavy atom. The van der Waals surface area contributed by atoms with Crippen molar-refractivity contribution in [3.63, 3.8) is 0 Å². The third-order valence-corrected chi connectivity index (χ3v) is 0.425. The van der Waals surface area contributed by atoms with Crippen LogP contribution in [0.4, 0.5) is 0 Å². The number of hydrogen-bond donors (Lipinski definition) is 4. The molecule has 0 saturated carbocycles. The number of aliphatic hydroxyl groups is 2. The maximum absolute atomic E-state index is 8.26. The van der Waals surface area contributed by atoms with Crippen LogP contribution >= 0.6 is 12.6 Å². The summed E-state index contributed by atoms with van der Waals surface area (Å²) in [7, 11) is 0. The smallest absolute Gasteiger partial charge is 0.294 e. The van der Waals surface area contributed by atoms with Crippen molar-refractivity contribution in [2.45, 2.75) is 5.24 Å². The Bertz CT molecular complexity index is 67.8. The van der Waals surface area contributed by atoms with Crippen LogP contribution in [0.3, 0.4) is 0 Å². The Morgan fingerprint density at radius 3 is 2.14 bits per heavy atom. The van der Waals surface area contributed by atoms with Crippen molar-refractivity contribution in [3.05, 3.63) is 12.8 Å². The molecule has 0 rings (SSSR count). The van der Waals surface area contributed by atoms with E-state index in [9.17, 15) is 0 Å². The molecule has 0 saturated heterocycles. The van der Waals surface area contributed by atoms with E-state index in [2.05, 4.69) is 19.2 Å². The molecule has 3 nitrogen and oxygen atoms in total. The maximum atomic E-state index is 8.26. The highest BCUT2D eigenvalue weighted by molar-refractivity contribution is 7.81. The van der Waals surface area contributed by atoms with Crippen LogP contribution in [0.15, 0.2) is 12.8 Å². The Balaban J connectivity index is 3.34. The molecule has 0 atom stereocenters. The van der Waals surface area contributed by atoms with E-state index in [0.717, 1.165) is 6.20 Å². The molecule has 0 heterocycles. The standard InChI is InChI=1S/C3H7NO2S/c1-2-4-3(5,6)7/h2,4-7H,1H2. The molecule has 4 heteroatoms. The van der Waals surface area contributed by atoms with Gasteiger partial charge < -0.3 is 15.5 Å². The molecule has 0 unspecified atom stereocenters. The van der Waals surface area contributed by atoms with Crippen molar-refractivity contribution in [3.8, 4) is 0 Å². The lowest BCUT2D eigenvalue weighted by Gasteiger charge is -2.12. The van der Waals surface area contributed by atoms with Gasteiger partial charge >= 0.3 is 0 Å². The van der Waals surface area contributed by atoms with Crippen molar-refractivity contribution in [1.82, 2.24) is 5.32 Å². The first-order valence-corrected chi connectivity index (χ1v) is 2.06. The average molecular weight is 121 g/mol. The summed E-state index contributed by atoms with van der Waals surface area (Å²) in [4.78, 5) is 0. The molecule has 0 aliphatic carbocycles. The molecule has 0 amide bonds. The SMILES string of the molecule is C=CNC(O)(O)S. The quantitative estimate of drug-likeness (QED) is 0.287. The van der Waals surface area contributed by atoms with Gasteiger partial charge in [-0.3, -0.25) is 0 Å². The zero-order valence-electron chi connectivity index (χ0n) is 3.63. The average Bonchev–Trinajstić information content (AvgIpc) is 1.30. The van der Waals surface area contributed by atoms with E-state index < -0.39 is 5.24 Å². The molecule has 0 bridgehead atoms. The van der Waals surface area contributed by atoms with Crippen LogP contribution in [0.25, 0.3) is 0 Å². The normalized spacial score (nSPS) is 10.7. The van der Waals surface area contributed by atoms with Gasteiger partial charge in [-0.25, -0.2) is 0 Å². The lowest BCUT2D eigenvalue weighted by molar-refractivity contribution is -0.0898. The van der Waals surface area contributed by atoms with Gasteiger partial charge in [0.05, 0.1) is 0 Å². The second-order valence-electron chi connectivity index (χ2n) is 0.984. The second-order valence-corrected chi connectivity index (χ2v) is 1.61. The van der Waals surface area contributed by atoms with Gasteiger partial charge in [-0.2, -0.15) is 0 Å². The Kier molecular flexibility index (Phi) is 2.14. The van der Waals surface area contributed by atoms with Gasteiger partial charge in [-0.1, -0.05) is 19.2 Å². The first-order valence-electron chi connectivity index (χ1n) is 1.62. The van der Waals surface area contributed by atoms with Gasteiger partial charge in [0.2, 0.25) is 0 Å². The minimum atomic E-state index is -2.12. The maximum Gasteiger partial charge on any atom is 0.294 e. The van der Waals surface area contributed by atoms with E-state index in [4.69, 9.17) is 10.2 Å². The van der Waals surface area contributed by atoms with Crippen molar-refractivity contribution in [1.29, 1.82) is 0 Å². The van der Waals surface area contributed by atoms with E-state index in [1.54, 1.807) is 0 Å². The van der Waals surface area contributed by atoms with Crippen molar-refractivity contribution in [2.75, 3.05) is 0 Å². The first-order chi connectivity index (χ1) is 3.06. The zero-order valence-corrected chi connectivity index (χ0v) is 4.52. The number of nitrogens with one attached hydrogen (secondary N) is 1. The molecule has 0 radical (unpaired) electrons. The molecule has 42 valence electrons. The molecule has 0 aromatic heterocycles. The first kappa shape index (κ1) is 6.81. The molecule has 3 N–H and O–H groups in total. The fraction of sp³-hybridized carbons (Fsp3) is 0.333. The molecule has 0 aromatic carbocycles. The predicted molar refractivity (Wildman–Crippen MR) is 29.5 cm³/mol. The van der Waals surface area contributed by atoms with Crippen LogP contribution in [-0.2, 0) is 0 Å². The molecular formula is C3H7NO2S. The highest BCUT2D eigenvalue weighted by Crippen LogP contribution is 1.96. The third-order valence-electron chi connectivity index (χ3n) is 0.296. The summed E-state index contributed by atoms with van der Waals surface area (Å²) in [6.45, 7) is 3.17. The lowest BCUT2D eigenvalue weighted by Crippen LogP contribution is -2.34.